The minimum atomic E-state index is -1.01. The number of amides is 1. The van der Waals surface area contributed by atoms with Gasteiger partial charge in [0, 0.05) is 0 Å². The summed E-state index contributed by atoms with van der Waals surface area (Å²) in [5.41, 5.74) is 0. The number of rotatable bonds is 1. The summed E-state index contributed by atoms with van der Waals surface area (Å²) in [4.78, 5) is 10.3. The minimum absolute atomic E-state index is 0.402. The van der Waals surface area contributed by atoms with Crippen molar-refractivity contribution in [2.75, 3.05) is 0 Å². The molecule has 0 aromatic heterocycles. The van der Waals surface area contributed by atoms with Gasteiger partial charge in [0.2, 0.25) is 0 Å². The monoisotopic (exact) mass is 131 g/mol. The number of hydrogen-bond donors (Lipinski definition) is 3. The van der Waals surface area contributed by atoms with Gasteiger partial charge in [0.1, 0.15) is 0 Å². The molecule has 4 nitrogen and oxygen atoms in total. The summed E-state index contributed by atoms with van der Waals surface area (Å²) in [7, 11) is 0. The number of aliphatic hydroxyl groups is 2. The molecule has 3 N–H and O–H groups in total. The molecule has 52 valence electrons. The average Bonchev–Trinajstić information content (AvgIpc) is 1.81. The smallest absolute Gasteiger partial charge is 0.251 e. The summed E-state index contributed by atoms with van der Waals surface area (Å²) < 4.78 is 0. The van der Waals surface area contributed by atoms with Gasteiger partial charge in [0.15, 0.2) is 6.10 Å². The average molecular weight is 131 g/mol. The van der Waals surface area contributed by atoms with Crippen molar-refractivity contribution in [3.8, 4) is 0 Å². The van der Waals surface area contributed by atoms with Gasteiger partial charge in [0.05, 0.1) is 12.1 Å². The van der Waals surface area contributed by atoms with E-state index in [9.17, 15) is 4.79 Å². The number of hydrogen-bond acceptors (Lipinski definition) is 3. The molecular weight excluding hydrogens is 122 g/mol. The Bertz CT molecular complexity index is 134. The molecule has 3 unspecified atom stereocenters. The Morgan fingerprint density at radius 1 is 1.78 bits per heavy atom. The highest BCUT2D eigenvalue weighted by atomic mass is 16.3. The Labute approximate surface area is 52.5 Å². The van der Waals surface area contributed by atoms with E-state index in [-0.39, 0.29) is 0 Å². The maximum atomic E-state index is 10.3. The predicted molar refractivity (Wildman–Crippen MR) is 29.6 cm³/mol. The van der Waals surface area contributed by atoms with Gasteiger partial charge >= 0.3 is 0 Å². The lowest BCUT2D eigenvalue weighted by Gasteiger charge is -2.34. The van der Waals surface area contributed by atoms with Crippen LogP contribution in [-0.4, -0.2) is 34.4 Å². The first-order valence-electron chi connectivity index (χ1n) is 2.79. The lowest BCUT2D eigenvalue weighted by molar-refractivity contribution is -0.147. The zero-order chi connectivity index (χ0) is 7.02. The van der Waals surface area contributed by atoms with Crippen molar-refractivity contribution in [3.05, 3.63) is 0 Å². The summed E-state index contributed by atoms with van der Waals surface area (Å²) in [5.74, 6) is -0.402. The Morgan fingerprint density at radius 3 is 2.44 bits per heavy atom. The Morgan fingerprint density at radius 2 is 2.33 bits per heavy atom. The quantitative estimate of drug-likeness (QED) is 0.369. The molecule has 0 spiro atoms. The molecule has 1 aliphatic rings. The van der Waals surface area contributed by atoms with Crippen molar-refractivity contribution in [1.82, 2.24) is 5.32 Å². The molecule has 0 aromatic rings. The van der Waals surface area contributed by atoms with Gasteiger partial charge in [-0.25, -0.2) is 0 Å². The van der Waals surface area contributed by atoms with E-state index in [2.05, 4.69) is 5.32 Å². The summed E-state index contributed by atoms with van der Waals surface area (Å²) in [5, 5.41) is 19.9. The molecule has 0 aliphatic carbocycles. The summed E-state index contributed by atoms with van der Waals surface area (Å²) in [6.45, 7) is 1.52. The third kappa shape index (κ3) is 0.906. The minimum Gasteiger partial charge on any atom is -0.391 e. The van der Waals surface area contributed by atoms with Gasteiger partial charge in [-0.05, 0) is 6.92 Å². The number of carbonyl (C=O) groups excluding carboxylic acids is 1. The second kappa shape index (κ2) is 1.97. The van der Waals surface area contributed by atoms with Crippen LogP contribution in [-0.2, 0) is 4.79 Å². The fourth-order valence-electron chi connectivity index (χ4n) is 0.780. The van der Waals surface area contributed by atoms with Gasteiger partial charge in [-0.2, -0.15) is 0 Å². The van der Waals surface area contributed by atoms with Crippen molar-refractivity contribution in [2.45, 2.75) is 25.2 Å². The van der Waals surface area contributed by atoms with E-state index in [0.29, 0.717) is 0 Å². The Balaban J connectivity index is 2.42. The number of aliphatic hydroxyl groups excluding tert-OH is 2. The van der Waals surface area contributed by atoms with Crippen LogP contribution in [0.1, 0.15) is 6.92 Å². The molecule has 0 aromatic carbocycles. The van der Waals surface area contributed by atoms with Crippen LogP contribution < -0.4 is 5.32 Å². The lowest BCUT2D eigenvalue weighted by Crippen LogP contribution is -2.66. The van der Waals surface area contributed by atoms with E-state index >= 15 is 0 Å². The normalized spacial score (nSPS) is 37.0. The fraction of sp³-hybridized carbons (Fsp3) is 0.800. The standard InChI is InChI=1S/C5H9NO3/c1-2(7)3-4(8)5(9)6-3/h2-4,7-8H,1H3,(H,6,9). The predicted octanol–water partition coefficient (Wildman–Crippen LogP) is -1.77. The SMILES string of the molecule is CC(O)C1NC(=O)C1O. The summed E-state index contributed by atoms with van der Waals surface area (Å²) in [6, 6.07) is -0.461. The molecule has 3 atom stereocenters. The highest BCUT2D eigenvalue weighted by Gasteiger charge is 2.40. The summed E-state index contributed by atoms with van der Waals surface area (Å²) in [6.07, 6.45) is -1.68. The van der Waals surface area contributed by atoms with Gasteiger partial charge < -0.3 is 15.5 Å². The van der Waals surface area contributed by atoms with Crippen LogP contribution in [0.5, 0.6) is 0 Å². The molecule has 0 radical (unpaired) electrons. The third-order valence-corrected chi connectivity index (χ3v) is 1.44. The number of carbonyl (C=O) groups is 1. The van der Waals surface area contributed by atoms with Gasteiger partial charge in [-0.15, -0.1) is 0 Å². The molecule has 4 heteroatoms. The Hall–Kier alpha value is -0.610. The first-order valence-corrected chi connectivity index (χ1v) is 2.79. The second-order valence-corrected chi connectivity index (χ2v) is 2.22. The topological polar surface area (TPSA) is 69.6 Å². The van der Waals surface area contributed by atoms with Crippen molar-refractivity contribution in [1.29, 1.82) is 0 Å². The maximum Gasteiger partial charge on any atom is 0.251 e. The number of nitrogens with one attached hydrogen (secondary N) is 1. The van der Waals surface area contributed by atoms with Crippen LogP contribution in [0.15, 0.2) is 0 Å². The largest absolute Gasteiger partial charge is 0.391 e. The van der Waals surface area contributed by atoms with Crippen LogP contribution in [0.3, 0.4) is 0 Å². The van der Waals surface area contributed by atoms with Crippen LogP contribution in [0, 0.1) is 0 Å². The van der Waals surface area contributed by atoms with Crippen molar-refractivity contribution in [3.63, 3.8) is 0 Å². The van der Waals surface area contributed by atoms with Crippen LogP contribution in [0.25, 0.3) is 0 Å². The highest BCUT2D eigenvalue weighted by molar-refractivity contribution is 5.88. The second-order valence-electron chi connectivity index (χ2n) is 2.22. The van der Waals surface area contributed by atoms with E-state index in [1.807, 2.05) is 0 Å². The molecule has 1 rings (SSSR count). The lowest BCUT2D eigenvalue weighted by atomic mass is 9.98. The summed E-state index contributed by atoms with van der Waals surface area (Å²) >= 11 is 0. The molecule has 1 aliphatic heterocycles. The molecule has 0 bridgehead atoms. The van der Waals surface area contributed by atoms with Crippen molar-refractivity contribution < 1.29 is 15.0 Å². The molecular formula is C5H9NO3. The maximum absolute atomic E-state index is 10.3. The van der Waals surface area contributed by atoms with E-state index in [0.717, 1.165) is 0 Å². The first-order chi connectivity index (χ1) is 4.13. The number of β-lactam (4-membered cyclic amide) rings is 1. The van der Waals surface area contributed by atoms with Gasteiger partial charge in [-0.1, -0.05) is 0 Å². The molecule has 9 heavy (non-hydrogen) atoms. The molecule has 0 saturated carbocycles. The van der Waals surface area contributed by atoms with E-state index < -0.39 is 24.2 Å². The molecule has 1 fully saturated rings. The van der Waals surface area contributed by atoms with E-state index in [1.54, 1.807) is 0 Å². The first kappa shape index (κ1) is 6.51. The van der Waals surface area contributed by atoms with Gasteiger partial charge in [-0.3, -0.25) is 4.79 Å². The fourth-order valence-corrected chi connectivity index (χ4v) is 0.780. The Kier molecular flexibility index (Phi) is 1.42. The van der Waals surface area contributed by atoms with Crippen LogP contribution in [0.4, 0.5) is 0 Å². The van der Waals surface area contributed by atoms with Gasteiger partial charge in [0.25, 0.3) is 5.91 Å². The molecule has 1 saturated heterocycles. The zero-order valence-electron chi connectivity index (χ0n) is 5.03. The zero-order valence-corrected chi connectivity index (χ0v) is 5.03. The van der Waals surface area contributed by atoms with E-state index in [1.165, 1.54) is 6.92 Å². The van der Waals surface area contributed by atoms with Crippen molar-refractivity contribution in [2.24, 2.45) is 0 Å². The molecule has 1 amide bonds. The van der Waals surface area contributed by atoms with Crippen molar-refractivity contribution >= 4 is 5.91 Å². The third-order valence-electron chi connectivity index (χ3n) is 1.44. The highest BCUT2D eigenvalue weighted by Crippen LogP contribution is 2.08. The van der Waals surface area contributed by atoms with Crippen LogP contribution in [0.2, 0.25) is 0 Å². The molecule has 1 heterocycles. The van der Waals surface area contributed by atoms with E-state index in [4.69, 9.17) is 10.2 Å². The van der Waals surface area contributed by atoms with Crippen LogP contribution >= 0.6 is 0 Å².